The Bertz CT molecular complexity index is 1090. The molecule has 2 fully saturated rings. The number of ether oxygens (including phenoxy) is 1. The van der Waals surface area contributed by atoms with Gasteiger partial charge >= 0.3 is 0 Å². The maximum Gasteiger partial charge on any atom is 0.158 e. The summed E-state index contributed by atoms with van der Waals surface area (Å²) in [7, 11) is 0. The Morgan fingerprint density at radius 1 is 1.00 bits per heavy atom. The lowest BCUT2D eigenvalue weighted by Crippen LogP contribution is -2.70. The topological polar surface area (TPSA) is 42.7 Å². The molecule has 5 rings (SSSR count). The Hall–Kier alpha value is -2.69. The fourth-order valence-electron chi connectivity index (χ4n) is 6.05. The summed E-state index contributed by atoms with van der Waals surface area (Å²) in [5.74, 6) is 1.75. The van der Waals surface area contributed by atoms with Crippen molar-refractivity contribution in [2.75, 3.05) is 6.54 Å². The van der Waals surface area contributed by atoms with Crippen LogP contribution in [0, 0.1) is 11.8 Å². The van der Waals surface area contributed by atoms with Gasteiger partial charge in [-0.15, -0.1) is 0 Å². The Morgan fingerprint density at radius 2 is 1.71 bits per heavy atom. The van der Waals surface area contributed by atoms with Crippen molar-refractivity contribution < 1.29 is 13.9 Å². The Morgan fingerprint density at radius 3 is 2.35 bits per heavy atom. The Labute approximate surface area is 202 Å². The number of carbonyl (C=O) groups is 1. The van der Waals surface area contributed by atoms with Crippen molar-refractivity contribution >= 4 is 5.78 Å². The van der Waals surface area contributed by atoms with Gasteiger partial charge in [0.2, 0.25) is 0 Å². The molecular formula is C30H35NO3. The predicted octanol–water partition coefficient (Wildman–Crippen LogP) is 6.53. The number of benzene rings is 2. The molecule has 0 N–H and O–H groups in total. The van der Waals surface area contributed by atoms with Crippen LogP contribution in [0.25, 0.3) is 0 Å². The molecular weight excluding hydrogens is 422 g/mol. The molecule has 2 aromatic carbocycles. The first-order valence-corrected chi connectivity index (χ1v) is 12.5. The molecule has 4 nitrogen and oxygen atoms in total. The molecule has 1 saturated heterocycles. The van der Waals surface area contributed by atoms with Gasteiger partial charge in [-0.1, -0.05) is 67.6 Å². The highest BCUT2D eigenvalue weighted by Crippen LogP contribution is 2.56. The van der Waals surface area contributed by atoms with E-state index in [1.807, 2.05) is 36.4 Å². The van der Waals surface area contributed by atoms with Crippen LogP contribution in [0.3, 0.4) is 0 Å². The van der Waals surface area contributed by atoms with Gasteiger partial charge in [0.1, 0.15) is 11.5 Å². The first-order valence-electron chi connectivity index (χ1n) is 12.5. The van der Waals surface area contributed by atoms with E-state index >= 15 is 0 Å². The second-order valence-corrected chi connectivity index (χ2v) is 10.6. The highest BCUT2D eigenvalue weighted by molar-refractivity contribution is 5.83. The summed E-state index contributed by atoms with van der Waals surface area (Å²) in [5, 5.41) is 0. The first-order chi connectivity index (χ1) is 16.4. The van der Waals surface area contributed by atoms with Crippen molar-refractivity contribution in [2.45, 2.75) is 63.8 Å². The van der Waals surface area contributed by atoms with Gasteiger partial charge in [0.05, 0.1) is 18.9 Å². The van der Waals surface area contributed by atoms with E-state index in [0.717, 1.165) is 24.2 Å². The SMILES string of the molecule is C[C@@H]1CC[C@@H](C(C)(C)N2C[C@](OCc3ccccc3)(c3ccco3)[C@@H]2c2ccccc2)C(=O)C1. The second kappa shape index (κ2) is 9.16. The maximum atomic E-state index is 13.2. The Balaban J connectivity index is 1.52. The quantitative estimate of drug-likeness (QED) is 0.404. The minimum Gasteiger partial charge on any atom is -0.466 e. The van der Waals surface area contributed by atoms with Crippen LogP contribution in [-0.4, -0.2) is 22.8 Å². The lowest BCUT2D eigenvalue weighted by Gasteiger charge is -2.63. The molecule has 34 heavy (non-hydrogen) atoms. The zero-order valence-electron chi connectivity index (χ0n) is 20.4. The van der Waals surface area contributed by atoms with Gasteiger partial charge in [-0.25, -0.2) is 0 Å². The van der Waals surface area contributed by atoms with Gasteiger partial charge in [-0.05, 0) is 55.9 Å². The largest absolute Gasteiger partial charge is 0.466 e. The van der Waals surface area contributed by atoms with E-state index in [9.17, 15) is 4.79 Å². The van der Waals surface area contributed by atoms with Crippen molar-refractivity contribution in [1.82, 2.24) is 4.90 Å². The molecule has 0 radical (unpaired) electrons. The molecule has 4 atom stereocenters. The lowest BCUT2D eigenvalue weighted by molar-refractivity contribution is -0.248. The monoisotopic (exact) mass is 457 g/mol. The summed E-state index contributed by atoms with van der Waals surface area (Å²) in [6, 6.07) is 24.7. The van der Waals surface area contributed by atoms with Crippen molar-refractivity contribution in [1.29, 1.82) is 0 Å². The molecule has 4 heteroatoms. The molecule has 1 aliphatic carbocycles. The minimum absolute atomic E-state index is 0.0265. The standard InChI is InChI=1S/C30H35NO3/c1-22-16-17-25(26(32)19-22)29(2,3)31-21-30(27-15-10-18-33-27,28(31)24-13-8-5-9-14-24)34-20-23-11-6-4-7-12-23/h4-15,18,22,25,28H,16-17,19-21H2,1-3H3/t22-,25-,28+,30+/m1/s1. The second-order valence-electron chi connectivity index (χ2n) is 10.6. The number of hydrogen-bond acceptors (Lipinski definition) is 4. The molecule has 0 bridgehead atoms. The predicted molar refractivity (Wildman–Crippen MR) is 133 cm³/mol. The van der Waals surface area contributed by atoms with Gasteiger partial charge in [0.15, 0.2) is 5.60 Å². The number of likely N-dealkylation sites (tertiary alicyclic amines) is 1. The van der Waals surface area contributed by atoms with E-state index in [1.54, 1.807) is 6.26 Å². The van der Waals surface area contributed by atoms with E-state index in [1.165, 1.54) is 5.56 Å². The zero-order chi connectivity index (χ0) is 23.8. The fourth-order valence-corrected chi connectivity index (χ4v) is 6.05. The van der Waals surface area contributed by atoms with Crippen LogP contribution >= 0.6 is 0 Å². The lowest BCUT2D eigenvalue weighted by atomic mass is 9.66. The zero-order valence-corrected chi connectivity index (χ0v) is 20.4. The number of Topliss-reactive ketones (excluding diaryl/α,β-unsaturated/α-hetero) is 1. The van der Waals surface area contributed by atoms with Gasteiger partial charge in [-0.3, -0.25) is 9.69 Å². The van der Waals surface area contributed by atoms with Crippen LogP contribution in [0.2, 0.25) is 0 Å². The minimum atomic E-state index is -0.622. The fraction of sp³-hybridized carbons (Fsp3) is 0.433. The number of furan rings is 1. The average Bonchev–Trinajstić information content (AvgIpc) is 3.35. The summed E-state index contributed by atoms with van der Waals surface area (Å²) in [6.07, 6.45) is 4.47. The number of rotatable bonds is 7. The molecule has 0 unspecified atom stereocenters. The third-order valence-corrected chi connectivity index (χ3v) is 8.03. The molecule has 178 valence electrons. The van der Waals surface area contributed by atoms with Crippen LogP contribution in [0.4, 0.5) is 0 Å². The van der Waals surface area contributed by atoms with Gasteiger partial charge < -0.3 is 9.15 Å². The van der Waals surface area contributed by atoms with E-state index in [2.05, 4.69) is 62.1 Å². The number of carbonyl (C=O) groups excluding carboxylic acids is 1. The van der Waals surface area contributed by atoms with E-state index < -0.39 is 5.60 Å². The maximum absolute atomic E-state index is 13.2. The molecule has 3 aromatic rings. The molecule has 1 aromatic heterocycles. The summed E-state index contributed by atoms with van der Waals surface area (Å²) < 4.78 is 12.8. The number of nitrogens with zero attached hydrogens (tertiary/aromatic N) is 1. The van der Waals surface area contributed by atoms with Crippen molar-refractivity contribution in [3.05, 3.63) is 95.9 Å². The average molecular weight is 458 g/mol. The van der Waals surface area contributed by atoms with Gasteiger partial charge in [0, 0.05) is 24.4 Å². The summed E-state index contributed by atoms with van der Waals surface area (Å²) in [6.45, 7) is 7.85. The van der Waals surface area contributed by atoms with Crippen LogP contribution in [-0.2, 0) is 21.7 Å². The summed E-state index contributed by atoms with van der Waals surface area (Å²) >= 11 is 0. The third-order valence-electron chi connectivity index (χ3n) is 8.03. The van der Waals surface area contributed by atoms with Crippen molar-refractivity contribution in [3.8, 4) is 0 Å². The summed E-state index contributed by atoms with van der Waals surface area (Å²) in [4.78, 5) is 15.6. The molecule has 0 spiro atoms. The molecule has 2 aliphatic rings. The molecule has 1 saturated carbocycles. The van der Waals surface area contributed by atoms with Gasteiger partial charge in [0.25, 0.3) is 0 Å². The first kappa shape index (κ1) is 23.1. The molecule has 2 heterocycles. The van der Waals surface area contributed by atoms with E-state index in [-0.39, 0.29) is 17.5 Å². The van der Waals surface area contributed by atoms with Crippen molar-refractivity contribution in [2.24, 2.45) is 11.8 Å². The van der Waals surface area contributed by atoms with E-state index in [4.69, 9.17) is 9.15 Å². The van der Waals surface area contributed by atoms with E-state index in [0.29, 0.717) is 31.3 Å². The van der Waals surface area contributed by atoms with Crippen LogP contribution in [0.1, 0.15) is 63.0 Å². The molecule has 1 aliphatic heterocycles. The van der Waals surface area contributed by atoms with Crippen LogP contribution in [0.5, 0.6) is 0 Å². The molecule has 0 amide bonds. The third kappa shape index (κ3) is 4.03. The number of ketones is 1. The van der Waals surface area contributed by atoms with Gasteiger partial charge in [-0.2, -0.15) is 0 Å². The number of hydrogen-bond donors (Lipinski definition) is 0. The highest BCUT2D eigenvalue weighted by atomic mass is 16.5. The Kier molecular flexibility index (Phi) is 6.22. The van der Waals surface area contributed by atoms with Crippen LogP contribution < -0.4 is 0 Å². The summed E-state index contributed by atoms with van der Waals surface area (Å²) in [5.41, 5.74) is 1.41. The van der Waals surface area contributed by atoms with Crippen molar-refractivity contribution in [3.63, 3.8) is 0 Å². The van der Waals surface area contributed by atoms with Crippen LogP contribution in [0.15, 0.2) is 83.5 Å². The normalized spacial score (nSPS) is 28.0. The smallest absolute Gasteiger partial charge is 0.158 e. The highest BCUT2D eigenvalue weighted by Gasteiger charge is 2.62.